The SMILES string of the molecule is CCNC(Cc1ccc(F)cc1Br)c1cc(Cl)cc(Br)c1. The van der Waals surface area contributed by atoms with E-state index in [2.05, 4.69) is 50.2 Å². The molecule has 0 radical (unpaired) electrons. The molecular formula is C16H15Br2ClFN. The second-order valence-corrected chi connectivity index (χ2v) is 6.96. The third-order valence-electron chi connectivity index (χ3n) is 3.18. The summed E-state index contributed by atoms with van der Waals surface area (Å²) < 4.78 is 14.9. The summed E-state index contributed by atoms with van der Waals surface area (Å²) in [7, 11) is 0. The summed E-state index contributed by atoms with van der Waals surface area (Å²) in [6.07, 6.45) is 0.751. The van der Waals surface area contributed by atoms with Gasteiger partial charge in [-0.1, -0.05) is 56.5 Å². The molecule has 0 aliphatic rings. The molecule has 21 heavy (non-hydrogen) atoms. The summed E-state index contributed by atoms with van der Waals surface area (Å²) in [5.74, 6) is -0.240. The molecule has 2 aromatic carbocycles. The first-order valence-electron chi connectivity index (χ1n) is 6.63. The van der Waals surface area contributed by atoms with E-state index in [1.807, 2.05) is 18.2 Å². The molecule has 0 saturated carbocycles. The Morgan fingerprint density at radius 3 is 2.57 bits per heavy atom. The Morgan fingerprint density at radius 1 is 1.19 bits per heavy atom. The first-order chi connectivity index (χ1) is 9.99. The summed E-state index contributed by atoms with van der Waals surface area (Å²) in [5.41, 5.74) is 2.16. The number of benzene rings is 2. The quantitative estimate of drug-likeness (QED) is 0.617. The number of halogens is 4. The van der Waals surface area contributed by atoms with Crippen molar-refractivity contribution in [1.82, 2.24) is 5.32 Å². The van der Waals surface area contributed by atoms with E-state index in [4.69, 9.17) is 11.6 Å². The fourth-order valence-electron chi connectivity index (χ4n) is 2.24. The van der Waals surface area contributed by atoms with E-state index in [1.165, 1.54) is 12.1 Å². The molecule has 0 saturated heterocycles. The van der Waals surface area contributed by atoms with Gasteiger partial charge in [-0.25, -0.2) is 4.39 Å². The molecule has 0 aliphatic heterocycles. The van der Waals surface area contributed by atoms with Gasteiger partial charge in [-0.15, -0.1) is 0 Å². The van der Waals surface area contributed by atoms with Crippen molar-refractivity contribution >= 4 is 43.5 Å². The number of likely N-dealkylation sites (N-methyl/N-ethyl adjacent to an activating group) is 1. The average Bonchev–Trinajstić information content (AvgIpc) is 2.40. The van der Waals surface area contributed by atoms with Gasteiger partial charge < -0.3 is 5.32 Å². The van der Waals surface area contributed by atoms with Crippen LogP contribution in [0.4, 0.5) is 4.39 Å². The molecular weight excluding hydrogens is 420 g/mol. The van der Waals surface area contributed by atoms with Crippen LogP contribution in [0.5, 0.6) is 0 Å². The molecule has 2 aromatic rings. The minimum absolute atomic E-state index is 0.117. The van der Waals surface area contributed by atoms with E-state index >= 15 is 0 Å². The number of nitrogens with one attached hydrogen (secondary N) is 1. The van der Waals surface area contributed by atoms with Gasteiger partial charge in [-0.05, 0) is 54.4 Å². The van der Waals surface area contributed by atoms with Gasteiger partial charge in [0.1, 0.15) is 5.82 Å². The summed E-state index contributed by atoms with van der Waals surface area (Å²) in [5, 5.41) is 4.14. The van der Waals surface area contributed by atoms with Crippen molar-refractivity contribution in [3.05, 3.63) is 67.3 Å². The van der Waals surface area contributed by atoms with Crippen LogP contribution in [0.15, 0.2) is 45.3 Å². The average molecular weight is 436 g/mol. The van der Waals surface area contributed by atoms with Crippen LogP contribution in [0, 0.1) is 5.82 Å². The van der Waals surface area contributed by atoms with Crippen LogP contribution < -0.4 is 5.32 Å². The Morgan fingerprint density at radius 2 is 1.95 bits per heavy atom. The van der Waals surface area contributed by atoms with Crippen LogP contribution in [0.2, 0.25) is 5.02 Å². The highest BCUT2D eigenvalue weighted by atomic mass is 79.9. The molecule has 112 valence electrons. The first kappa shape index (κ1) is 16.9. The van der Waals surface area contributed by atoms with E-state index in [0.717, 1.165) is 33.0 Å². The van der Waals surface area contributed by atoms with Crippen LogP contribution in [0.3, 0.4) is 0 Å². The highest BCUT2D eigenvalue weighted by Crippen LogP contribution is 2.28. The highest BCUT2D eigenvalue weighted by Gasteiger charge is 2.14. The highest BCUT2D eigenvalue weighted by molar-refractivity contribution is 9.10. The van der Waals surface area contributed by atoms with Gasteiger partial charge in [0.05, 0.1) is 0 Å². The van der Waals surface area contributed by atoms with Crippen molar-refractivity contribution in [2.24, 2.45) is 0 Å². The minimum Gasteiger partial charge on any atom is -0.310 e. The predicted molar refractivity (Wildman–Crippen MR) is 93.4 cm³/mol. The number of hydrogen-bond acceptors (Lipinski definition) is 1. The zero-order chi connectivity index (χ0) is 15.4. The summed E-state index contributed by atoms with van der Waals surface area (Å²) in [6.45, 7) is 2.90. The summed E-state index contributed by atoms with van der Waals surface area (Å²) in [6, 6.07) is 10.8. The van der Waals surface area contributed by atoms with Gasteiger partial charge in [0.25, 0.3) is 0 Å². The van der Waals surface area contributed by atoms with Crippen LogP contribution in [-0.2, 0) is 6.42 Å². The topological polar surface area (TPSA) is 12.0 Å². The number of hydrogen-bond donors (Lipinski definition) is 1. The van der Waals surface area contributed by atoms with Crippen molar-refractivity contribution < 1.29 is 4.39 Å². The molecule has 1 atom stereocenters. The van der Waals surface area contributed by atoms with Gasteiger partial charge in [0.15, 0.2) is 0 Å². The molecule has 0 fully saturated rings. The molecule has 0 heterocycles. The minimum atomic E-state index is -0.240. The van der Waals surface area contributed by atoms with E-state index in [9.17, 15) is 4.39 Å². The van der Waals surface area contributed by atoms with Crippen molar-refractivity contribution in [1.29, 1.82) is 0 Å². The monoisotopic (exact) mass is 433 g/mol. The van der Waals surface area contributed by atoms with E-state index in [0.29, 0.717) is 5.02 Å². The third-order valence-corrected chi connectivity index (χ3v) is 4.59. The lowest BCUT2D eigenvalue weighted by Gasteiger charge is -2.20. The van der Waals surface area contributed by atoms with E-state index in [-0.39, 0.29) is 11.9 Å². The van der Waals surface area contributed by atoms with Crippen molar-refractivity contribution in [2.45, 2.75) is 19.4 Å². The van der Waals surface area contributed by atoms with Crippen LogP contribution in [0.1, 0.15) is 24.1 Å². The maximum absolute atomic E-state index is 13.2. The Balaban J connectivity index is 2.30. The molecule has 1 N–H and O–H groups in total. The second kappa shape index (κ2) is 7.73. The predicted octanol–water partition coefficient (Wildman–Crippen LogP) is 5.90. The molecule has 0 bridgehead atoms. The summed E-state index contributed by atoms with van der Waals surface area (Å²) in [4.78, 5) is 0. The second-order valence-electron chi connectivity index (χ2n) is 4.75. The Labute approximate surface area is 146 Å². The van der Waals surface area contributed by atoms with Crippen molar-refractivity contribution in [3.63, 3.8) is 0 Å². The van der Waals surface area contributed by atoms with Crippen LogP contribution >= 0.6 is 43.5 Å². The van der Waals surface area contributed by atoms with Crippen molar-refractivity contribution in [3.8, 4) is 0 Å². The molecule has 1 nitrogen and oxygen atoms in total. The fraction of sp³-hybridized carbons (Fsp3) is 0.250. The third kappa shape index (κ3) is 4.78. The molecule has 1 unspecified atom stereocenters. The van der Waals surface area contributed by atoms with E-state index in [1.54, 1.807) is 0 Å². The molecule has 5 heteroatoms. The smallest absolute Gasteiger partial charge is 0.124 e. The van der Waals surface area contributed by atoms with Crippen LogP contribution in [-0.4, -0.2) is 6.54 Å². The maximum Gasteiger partial charge on any atom is 0.124 e. The van der Waals surface area contributed by atoms with Crippen LogP contribution in [0.25, 0.3) is 0 Å². The van der Waals surface area contributed by atoms with Gasteiger partial charge in [-0.2, -0.15) is 0 Å². The largest absolute Gasteiger partial charge is 0.310 e. The maximum atomic E-state index is 13.2. The first-order valence-corrected chi connectivity index (χ1v) is 8.59. The lowest BCUT2D eigenvalue weighted by Crippen LogP contribution is -2.23. The van der Waals surface area contributed by atoms with Gasteiger partial charge >= 0.3 is 0 Å². The van der Waals surface area contributed by atoms with Gasteiger partial charge in [-0.3, -0.25) is 0 Å². The Bertz CT molecular complexity index is 613. The van der Waals surface area contributed by atoms with Crippen molar-refractivity contribution in [2.75, 3.05) is 6.54 Å². The Hall–Kier alpha value is -0.420. The molecule has 0 spiro atoms. The zero-order valence-corrected chi connectivity index (χ0v) is 15.4. The van der Waals surface area contributed by atoms with Gasteiger partial charge in [0.2, 0.25) is 0 Å². The number of rotatable bonds is 5. The lowest BCUT2D eigenvalue weighted by atomic mass is 9.99. The fourth-order valence-corrected chi connectivity index (χ4v) is 3.64. The molecule has 2 rings (SSSR count). The molecule has 0 aromatic heterocycles. The standard InChI is InChI=1S/C16H15Br2ClFN/c1-2-21-16(11-5-12(17)8-13(19)6-11)7-10-3-4-14(20)9-15(10)18/h3-6,8-9,16,21H,2,7H2,1H3. The lowest BCUT2D eigenvalue weighted by molar-refractivity contribution is 0.547. The van der Waals surface area contributed by atoms with E-state index < -0.39 is 0 Å². The zero-order valence-electron chi connectivity index (χ0n) is 11.5. The molecule has 0 aliphatic carbocycles. The molecule has 0 amide bonds. The Kier molecular flexibility index (Phi) is 6.23. The summed E-state index contributed by atoms with van der Waals surface area (Å²) >= 11 is 13.0. The normalized spacial score (nSPS) is 12.4. The van der Waals surface area contributed by atoms with Gasteiger partial charge in [0, 0.05) is 20.0 Å².